The molecule has 0 saturated carbocycles. The Hall–Kier alpha value is -1.73. The number of ether oxygens (including phenoxy) is 1. The Morgan fingerprint density at radius 1 is 1.18 bits per heavy atom. The van der Waals surface area contributed by atoms with E-state index in [0.717, 1.165) is 45.0 Å². The SMILES string of the molecule is CCOc1cc(N2CCCN(Cc3cscn3)CC2)ncn1. The molecule has 1 fully saturated rings. The second-order valence-electron chi connectivity index (χ2n) is 5.24. The molecule has 7 heteroatoms. The highest BCUT2D eigenvalue weighted by molar-refractivity contribution is 7.07. The summed E-state index contributed by atoms with van der Waals surface area (Å²) in [6.07, 6.45) is 2.70. The van der Waals surface area contributed by atoms with E-state index in [4.69, 9.17) is 4.74 Å². The molecule has 0 amide bonds. The van der Waals surface area contributed by atoms with Crippen molar-refractivity contribution < 1.29 is 4.74 Å². The molecule has 0 N–H and O–H groups in total. The van der Waals surface area contributed by atoms with E-state index in [9.17, 15) is 0 Å². The molecule has 0 aromatic carbocycles. The average Bonchev–Trinajstić information content (AvgIpc) is 2.92. The zero-order valence-corrected chi connectivity index (χ0v) is 13.6. The molecule has 22 heavy (non-hydrogen) atoms. The van der Waals surface area contributed by atoms with Crippen molar-refractivity contribution >= 4 is 17.2 Å². The van der Waals surface area contributed by atoms with Crippen LogP contribution in [0.5, 0.6) is 5.88 Å². The molecule has 1 saturated heterocycles. The maximum absolute atomic E-state index is 5.46. The van der Waals surface area contributed by atoms with Crippen LogP contribution < -0.4 is 9.64 Å². The smallest absolute Gasteiger partial charge is 0.218 e. The van der Waals surface area contributed by atoms with E-state index in [1.807, 2.05) is 18.5 Å². The normalized spacial score (nSPS) is 16.5. The summed E-state index contributed by atoms with van der Waals surface area (Å²) < 4.78 is 5.46. The zero-order chi connectivity index (χ0) is 15.2. The van der Waals surface area contributed by atoms with Crippen molar-refractivity contribution in [3.8, 4) is 5.88 Å². The number of rotatable bonds is 5. The van der Waals surface area contributed by atoms with Gasteiger partial charge in [0.2, 0.25) is 5.88 Å². The van der Waals surface area contributed by atoms with Gasteiger partial charge in [0, 0.05) is 44.2 Å². The summed E-state index contributed by atoms with van der Waals surface area (Å²) in [7, 11) is 0. The van der Waals surface area contributed by atoms with E-state index in [1.165, 1.54) is 5.69 Å². The summed E-state index contributed by atoms with van der Waals surface area (Å²) in [4.78, 5) is 17.7. The fourth-order valence-corrected chi connectivity index (χ4v) is 3.18. The molecule has 0 bridgehead atoms. The second-order valence-corrected chi connectivity index (χ2v) is 5.96. The lowest BCUT2D eigenvalue weighted by Gasteiger charge is -2.22. The number of nitrogens with zero attached hydrogens (tertiary/aromatic N) is 5. The first-order chi connectivity index (χ1) is 10.8. The fraction of sp³-hybridized carbons (Fsp3) is 0.533. The number of aromatic nitrogens is 3. The largest absolute Gasteiger partial charge is 0.478 e. The fourth-order valence-electron chi connectivity index (χ4n) is 2.63. The highest BCUT2D eigenvalue weighted by atomic mass is 32.1. The Morgan fingerprint density at radius 2 is 2.14 bits per heavy atom. The molecular formula is C15H21N5OS. The van der Waals surface area contributed by atoms with Gasteiger partial charge < -0.3 is 9.64 Å². The maximum atomic E-state index is 5.46. The molecule has 6 nitrogen and oxygen atoms in total. The molecule has 1 aliphatic heterocycles. The Morgan fingerprint density at radius 3 is 2.95 bits per heavy atom. The van der Waals surface area contributed by atoms with Gasteiger partial charge in [-0.25, -0.2) is 15.0 Å². The molecule has 3 rings (SSSR count). The van der Waals surface area contributed by atoms with Crippen molar-refractivity contribution in [1.82, 2.24) is 19.9 Å². The third-order valence-electron chi connectivity index (χ3n) is 3.70. The van der Waals surface area contributed by atoms with Crippen LogP contribution in [0.1, 0.15) is 19.0 Å². The first kappa shape index (κ1) is 15.2. The summed E-state index contributed by atoms with van der Waals surface area (Å²) in [6.45, 7) is 7.61. The average molecular weight is 319 g/mol. The van der Waals surface area contributed by atoms with E-state index in [1.54, 1.807) is 17.7 Å². The van der Waals surface area contributed by atoms with Crippen LogP contribution in [0.4, 0.5) is 5.82 Å². The van der Waals surface area contributed by atoms with Crippen molar-refractivity contribution in [2.45, 2.75) is 19.9 Å². The monoisotopic (exact) mass is 319 g/mol. The predicted octanol–water partition coefficient (Wildman–Crippen LogP) is 2.04. The third kappa shape index (κ3) is 3.92. The Balaban J connectivity index is 1.61. The minimum atomic E-state index is 0.623. The van der Waals surface area contributed by atoms with Gasteiger partial charge in [-0.05, 0) is 13.3 Å². The molecule has 1 aliphatic rings. The van der Waals surface area contributed by atoms with E-state index in [0.29, 0.717) is 12.5 Å². The molecule has 2 aromatic heterocycles. The van der Waals surface area contributed by atoms with E-state index in [2.05, 4.69) is 30.1 Å². The Bertz CT molecular complexity index is 577. The topological polar surface area (TPSA) is 54.4 Å². The molecule has 0 atom stereocenters. The standard InChI is InChI=1S/C15H21N5OS/c1-2-21-15-8-14(16-11-17-15)20-5-3-4-19(6-7-20)9-13-10-22-12-18-13/h8,10-12H,2-7,9H2,1H3. The molecular weight excluding hydrogens is 298 g/mol. The molecule has 0 aliphatic carbocycles. The highest BCUT2D eigenvalue weighted by Gasteiger charge is 2.17. The number of hydrogen-bond acceptors (Lipinski definition) is 7. The van der Waals surface area contributed by atoms with Crippen LogP contribution in [0, 0.1) is 0 Å². The van der Waals surface area contributed by atoms with Gasteiger partial charge in [0.1, 0.15) is 12.1 Å². The van der Waals surface area contributed by atoms with Crippen LogP contribution in [-0.2, 0) is 6.54 Å². The summed E-state index contributed by atoms with van der Waals surface area (Å²) in [5, 5.41) is 2.13. The van der Waals surface area contributed by atoms with Crippen LogP contribution in [0.15, 0.2) is 23.3 Å². The van der Waals surface area contributed by atoms with Gasteiger partial charge >= 0.3 is 0 Å². The van der Waals surface area contributed by atoms with Crippen LogP contribution in [0.3, 0.4) is 0 Å². The van der Waals surface area contributed by atoms with Crippen molar-refractivity contribution in [3.05, 3.63) is 29.0 Å². The third-order valence-corrected chi connectivity index (χ3v) is 4.34. The van der Waals surface area contributed by atoms with Crippen LogP contribution in [-0.4, -0.2) is 52.6 Å². The number of hydrogen-bond donors (Lipinski definition) is 0. The molecule has 118 valence electrons. The van der Waals surface area contributed by atoms with Crippen LogP contribution in [0.2, 0.25) is 0 Å². The van der Waals surface area contributed by atoms with Crippen LogP contribution in [0.25, 0.3) is 0 Å². The van der Waals surface area contributed by atoms with Gasteiger partial charge in [0.25, 0.3) is 0 Å². The molecule has 0 radical (unpaired) electrons. The molecule has 0 spiro atoms. The van der Waals surface area contributed by atoms with Gasteiger partial charge in [0.15, 0.2) is 0 Å². The lowest BCUT2D eigenvalue weighted by atomic mass is 10.3. The predicted molar refractivity (Wildman–Crippen MR) is 87.4 cm³/mol. The van der Waals surface area contributed by atoms with Gasteiger partial charge in [-0.3, -0.25) is 4.90 Å². The maximum Gasteiger partial charge on any atom is 0.218 e. The summed E-state index contributed by atoms with van der Waals surface area (Å²) in [6, 6.07) is 1.93. The number of anilines is 1. The number of thiazole rings is 1. The Kier molecular flexibility index (Phi) is 5.18. The molecule has 2 aromatic rings. The minimum Gasteiger partial charge on any atom is -0.478 e. The van der Waals surface area contributed by atoms with Crippen LogP contribution >= 0.6 is 11.3 Å². The van der Waals surface area contributed by atoms with E-state index >= 15 is 0 Å². The van der Waals surface area contributed by atoms with Gasteiger partial charge in [-0.1, -0.05) is 0 Å². The highest BCUT2D eigenvalue weighted by Crippen LogP contribution is 2.18. The first-order valence-electron chi connectivity index (χ1n) is 7.64. The van der Waals surface area contributed by atoms with Gasteiger partial charge in [0.05, 0.1) is 17.8 Å². The molecule has 3 heterocycles. The first-order valence-corrected chi connectivity index (χ1v) is 8.58. The quantitative estimate of drug-likeness (QED) is 0.841. The second kappa shape index (κ2) is 7.51. The van der Waals surface area contributed by atoms with Crippen molar-refractivity contribution in [2.75, 3.05) is 37.7 Å². The molecule has 0 unspecified atom stereocenters. The van der Waals surface area contributed by atoms with Crippen molar-refractivity contribution in [1.29, 1.82) is 0 Å². The Labute approximate surface area is 134 Å². The zero-order valence-electron chi connectivity index (χ0n) is 12.8. The lowest BCUT2D eigenvalue weighted by molar-refractivity contribution is 0.282. The lowest BCUT2D eigenvalue weighted by Crippen LogP contribution is -2.31. The van der Waals surface area contributed by atoms with Gasteiger partial charge in [-0.15, -0.1) is 11.3 Å². The van der Waals surface area contributed by atoms with Gasteiger partial charge in [-0.2, -0.15) is 0 Å². The van der Waals surface area contributed by atoms with E-state index in [-0.39, 0.29) is 0 Å². The van der Waals surface area contributed by atoms with Crippen molar-refractivity contribution in [3.63, 3.8) is 0 Å². The minimum absolute atomic E-state index is 0.623. The van der Waals surface area contributed by atoms with Crippen molar-refractivity contribution in [2.24, 2.45) is 0 Å². The van der Waals surface area contributed by atoms with E-state index < -0.39 is 0 Å². The summed E-state index contributed by atoms with van der Waals surface area (Å²) >= 11 is 1.66. The summed E-state index contributed by atoms with van der Waals surface area (Å²) in [5.74, 6) is 1.60. The summed E-state index contributed by atoms with van der Waals surface area (Å²) in [5.41, 5.74) is 3.06.